The molecule has 0 aliphatic rings. The fourth-order valence-corrected chi connectivity index (χ4v) is 2.42. The highest BCUT2D eigenvalue weighted by Gasteiger charge is 2.05. The predicted molar refractivity (Wildman–Crippen MR) is 98.5 cm³/mol. The lowest BCUT2D eigenvalue weighted by molar-refractivity contribution is -0.123. The van der Waals surface area contributed by atoms with Gasteiger partial charge >= 0.3 is 0 Å². The summed E-state index contributed by atoms with van der Waals surface area (Å²) in [7, 11) is 0. The summed E-state index contributed by atoms with van der Waals surface area (Å²) in [6.45, 7) is -0.166. The molecule has 1 heterocycles. The molecule has 0 radical (unpaired) electrons. The van der Waals surface area contributed by atoms with Crippen molar-refractivity contribution in [2.75, 3.05) is 6.61 Å². The van der Waals surface area contributed by atoms with E-state index in [1.54, 1.807) is 30.5 Å². The summed E-state index contributed by atoms with van der Waals surface area (Å²) in [5.41, 5.74) is 4.30. The zero-order chi connectivity index (χ0) is 17.5. The van der Waals surface area contributed by atoms with E-state index in [0.29, 0.717) is 10.8 Å². The number of benzene rings is 2. The van der Waals surface area contributed by atoms with Gasteiger partial charge in [0, 0.05) is 11.9 Å². The highest BCUT2D eigenvalue weighted by molar-refractivity contribution is 6.32. The zero-order valence-corrected chi connectivity index (χ0v) is 14.1. The van der Waals surface area contributed by atoms with Gasteiger partial charge in [0.15, 0.2) is 6.61 Å². The van der Waals surface area contributed by atoms with E-state index in [-0.39, 0.29) is 12.5 Å². The number of halogens is 1. The van der Waals surface area contributed by atoms with Gasteiger partial charge in [-0.1, -0.05) is 41.9 Å². The number of aromatic nitrogens is 1. The molecule has 0 saturated heterocycles. The van der Waals surface area contributed by atoms with Gasteiger partial charge in [0.05, 0.1) is 16.9 Å². The monoisotopic (exact) mass is 353 g/mol. The van der Waals surface area contributed by atoms with E-state index in [4.69, 9.17) is 16.3 Å². The standard InChI is InChI=1S/C19H16ClN3O2/c20-17-10-4-5-11-18(17)25-14-19(24)22-21-13-16-9-6-12-23(16)15-7-2-1-3-8-15/h1-13H,14H2,(H,22,24)/b21-13+. The minimum Gasteiger partial charge on any atom is -0.482 e. The van der Waals surface area contributed by atoms with E-state index in [2.05, 4.69) is 10.5 Å². The quantitative estimate of drug-likeness (QED) is 0.543. The molecule has 6 heteroatoms. The summed E-state index contributed by atoms with van der Waals surface area (Å²) in [5.74, 6) is 0.0928. The first-order valence-corrected chi connectivity index (χ1v) is 8.04. The highest BCUT2D eigenvalue weighted by Crippen LogP contribution is 2.22. The number of nitrogens with one attached hydrogen (secondary N) is 1. The van der Waals surface area contributed by atoms with Gasteiger partial charge in [0.1, 0.15) is 5.75 Å². The average molecular weight is 354 g/mol. The van der Waals surface area contributed by atoms with E-state index in [1.807, 2.05) is 53.2 Å². The smallest absolute Gasteiger partial charge is 0.277 e. The van der Waals surface area contributed by atoms with Gasteiger partial charge in [-0.2, -0.15) is 5.10 Å². The molecule has 1 N–H and O–H groups in total. The molecular formula is C19H16ClN3O2. The first-order valence-electron chi connectivity index (χ1n) is 7.66. The number of hydrogen-bond acceptors (Lipinski definition) is 3. The van der Waals surface area contributed by atoms with E-state index < -0.39 is 0 Å². The van der Waals surface area contributed by atoms with Crippen molar-refractivity contribution in [2.24, 2.45) is 5.10 Å². The van der Waals surface area contributed by atoms with Crippen molar-refractivity contribution in [3.05, 3.63) is 83.6 Å². The number of nitrogens with zero attached hydrogens (tertiary/aromatic N) is 2. The Morgan fingerprint density at radius 2 is 1.84 bits per heavy atom. The molecule has 1 amide bonds. The molecule has 0 aliphatic carbocycles. The number of carbonyl (C=O) groups excluding carboxylic acids is 1. The Bertz CT molecular complexity index is 875. The van der Waals surface area contributed by atoms with Crippen LogP contribution in [-0.2, 0) is 4.79 Å². The normalized spacial score (nSPS) is 10.8. The fourth-order valence-electron chi connectivity index (χ4n) is 2.23. The molecule has 3 rings (SSSR count). The molecule has 0 spiro atoms. The number of para-hydroxylation sites is 2. The summed E-state index contributed by atoms with van der Waals surface area (Å²) in [6.07, 6.45) is 3.51. The van der Waals surface area contributed by atoms with Crippen molar-refractivity contribution in [1.82, 2.24) is 9.99 Å². The second kappa shape index (κ2) is 8.17. The van der Waals surface area contributed by atoms with Crippen LogP contribution in [-0.4, -0.2) is 23.3 Å². The number of ether oxygens (including phenoxy) is 1. The Labute approximate surface area is 150 Å². The van der Waals surface area contributed by atoms with Crippen LogP contribution in [0.15, 0.2) is 78.0 Å². The molecular weight excluding hydrogens is 338 g/mol. The van der Waals surface area contributed by atoms with Crippen molar-refractivity contribution < 1.29 is 9.53 Å². The van der Waals surface area contributed by atoms with Crippen LogP contribution in [0.5, 0.6) is 5.75 Å². The van der Waals surface area contributed by atoms with E-state index in [1.165, 1.54) is 0 Å². The van der Waals surface area contributed by atoms with Gasteiger partial charge in [-0.3, -0.25) is 4.79 Å². The summed E-state index contributed by atoms with van der Waals surface area (Å²) in [5, 5.41) is 4.43. The molecule has 126 valence electrons. The van der Waals surface area contributed by atoms with Crippen LogP contribution in [0.4, 0.5) is 0 Å². The maximum atomic E-state index is 11.8. The maximum absolute atomic E-state index is 11.8. The average Bonchev–Trinajstić information content (AvgIpc) is 3.10. The first kappa shape index (κ1) is 16.8. The molecule has 3 aromatic rings. The number of rotatable bonds is 6. The van der Waals surface area contributed by atoms with Crippen molar-refractivity contribution in [3.8, 4) is 11.4 Å². The van der Waals surface area contributed by atoms with E-state index in [9.17, 15) is 4.79 Å². The molecule has 0 aliphatic heterocycles. The third-order valence-electron chi connectivity index (χ3n) is 3.40. The number of hydrogen-bond donors (Lipinski definition) is 1. The Hall–Kier alpha value is -3.05. The molecule has 5 nitrogen and oxygen atoms in total. The Morgan fingerprint density at radius 1 is 1.08 bits per heavy atom. The summed E-state index contributed by atoms with van der Waals surface area (Å²) >= 11 is 5.97. The van der Waals surface area contributed by atoms with Crippen LogP contribution in [0.2, 0.25) is 5.02 Å². The van der Waals surface area contributed by atoms with Crippen LogP contribution in [0.25, 0.3) is 5.69 Å². The van der Waals surface area contributed by atoms with Gasteiger partial charge in [0.25, 0.3) is 5.91 Å². The van der Waals surface area contributed by atoms with Gasteiger partial charge in [0.2, 0.25) is 0 Å². The fraction of sp³-hybridized carbons (Fsp3) is 0.0526. The number of carbonyl (C=O) groups is 1. The van der Waals surface area contributed by atoms with E-state index >= 15 is 0 Å². The van der Waals surface area contributed by atoms with Gasteiger partial charge < -0.3 is 9.30 Å². The van der Waals surface area contributed by atoms with Crippen molar-refractivity contribution in [2.45, 2.75) is 0 Å². The van der Waals surface area contributed by atoms with Gasteiger partial charge in [-0.05, 0) is 36.4 Å². The molecule has 1 aromatic heterocycles. The highest BCUT2D eigenvalue weighted by atomic mass is 35.5. The number of amides is 1. The minimum absolute atomic E-state index is 0.166. The SMILES string of the molecule is O=C(COc1ccccc1Cl)N/N=C/c1cccn1-c1ccccc1. The molecule has 0 saturated carbocycles. The number of hydrazone groups is 1. The Morgan fingerprint density at radius 3 is 2.64 bits per heavy atom. The molecule has 0 unspecified atom stereocenters. The molecule has 25 heavy (non-hydrogen) atoms. The Kier molecular flexibility index (Phi) is 5.49. The first-order chi connectivity index (χ1) is 12.2. The minimum atomic E-state index is -0.367. The topological polar surface area (TPSA) is 55.6 Å². The summed E-state index contributed by atoms with van der Waals surface area (Å²) < 4.78 is 7.32. The molecule has 0 bridgehead atoms. The third-order valence-corrected chi connectivity index (χ3v) is 3.71. The zero-order valence-electron chi connectivity index (χ0n) is 13.3. The van der Waals surface area contributed by atoms with Crippen LogP contribution < -0.4 is 10.2 Å². The summed E-state index contributed by atoms with van der Waals surface area (Å²) in [4.78, 5) is 11.8. The predicted octanol–water partition coefficient (Wildman–Crippen LogP) is 3.66. The second-order valence-corrected chi connectivity index (χ2v) is 5.56. The molecule has 0 fully saturated rings. The lowest BCUT2D eigenvalue weighted by Gasteiger charge is -2.07. The second-order valence-electron chi connectivity index (χ2n) is 5.15. The largest absolute Gasteiger partial charge is 0.482 e. The van der Waals surface area contributed by atoms with Crippen LogP contribution in [0.1, 0.15) is 5.69 Å². The van der Waals surface area contributed by atoms with Crippen LogP contribution >= 0.6 is 11.6 Å². The van der Waals surface area contributed by atoms with Gasteiger partial charge in [-0.15, -0.1) is 0 Å². The van der Waals surface area contributed by atoms with E-state index in [0.717, 1.165) is 11.4 Å². The van der Waals surface area contributed by atoms with Crippen LogP contribution in [0, 0.1) is 0 Å². The lowest BCUT2D eigenvalue weighted by Crippen LogP contribution is -2.24. The van der Waals surface area contributed by atoms with Crippen molar-refractivity contribution in [3.63, 3.8) is 0 Å². The van der Waals surface area contributed by atoms with Crippen molar-refractivity contribution in [1.29, 1.82) is 0 Å². The molecule has 0 atom stereocenters. The summed E-state index contributed by atoms with van der Waals surface area (Å²) in [6, 6.07) is 20.7. The van der Waals surface area contributed by atoms with Crippen molar-refractivity contribution >= 4 is 23.7 Å². The lowest BCUT2D eigenvalue weighted by atomic mass is 10.3. The maximum Gasteiger partial charge on any atom is 0.277 e. The van der Waals surface area contributed by atoms with Crippen LogP contribution in [0.3, 0.4) is 0 Å². The third kappa shape index (κ3) is 4.49. The van der Waals surface area contributed by atoms with Gasteiger partial charge in [-0.25, -0.2) is 5.43 Å². The molecule has 2 aromatic carbocycles. The Balaban J connectivity index is 1.56.